The first-order valence-corrected chi connectivity index (χ1v) is 12.6. The van der Waals surface area contributed by atoms with Gasteiger partial charge in [0.05, 0.1) is 12.7 Å². The normalized spacial score (nSPS) is 19.7. The van der Waals surface area contributed by atoms with Crippen LogP contribution in [-0.4, -0.2) is 40.1 Å². The molecule has 196 valence electrons. The summed E-state index contributed by atoms with van der Waals surface area (Å²) < 4.78 is 1.81. The van der Waals surface area contributed by atoms with Crippen LogP contribution in [-0.2, 0) is 23.2 Å². The average Bonchev–Trinajstić information content (AvgIpc) is 3.64. The lowest BCUT2D eigenvalue weighted by Crippen LogP contribution is -2.37. The van der Waals surface area contributed by atoms with Gasteiger partial charge in [0, 0.05) is 49.3 Å². The van der Waals surface area contributed by atoms with Crippen molar-refractivity contribution in [2.45, 2.75) is 66.3 Å². The van der Waals surface area contributed by atoms with Gasteiger partial charge in [-0.05, 0) is 58.3 Å². The third kappa shape index (κ3) is 9.92. The standard InChI is InChI=1S/C22H35N5O2.C4H5Cl.CH4/c1-5-15(2)25-20-19(13-24-27(20)4)14-26(3)22(29)18-8-6-16(7-9-18)12-23-21(28)17-10-11-17;1-2-3-4-5;/h5,13,16-18,25H,6-12,14H2,1-4H3,(H,23,28);2-4H,1H2;1H4/b15-5+;4-3+;. The highest BCUT2D eigenvalue weighted by Crippen LogP contribution is 2.32. The largest absolute Gasteiger partial charge is 0.356 e. The van der Waals surface area contributed by atoms with Crippen molar-refractivity contribution in [3.05, 3.63) is 47.8 Å². The lowest BCUT2D eigenvalue weighted by molar-refractivity contribution is -0.136. The summed E-state index contributed by atoms with van der Waals surface area (Å²) in [5, 5.41) is 10.8. The molecular weight excluding hydrogens is 462 g/mol. The van der Waals surface area contributed by atoms with Gasteiger partial charge >= 0.3 is 0 Å². The summed E-state index contributed by atoms with van der Waals surface area (Å²) in [6.07, 6.45) is 13.0. The van der Waals surface area contributed by atoms with Crippen molar-refractivity contribution in [3.8, 4) is 0 Å². The fourth-order valence-electron chi connectivity index (χ4n) is 4.06. The van der Waals surface area contributed by atoms with Crippen molar-refractivity contribution >= 4 is 29.2 Å². The fourth-order valence-corrected chi connectivity index (χ4v) is 4.17. The summed E-state index contributed by atoms with van der Waals surface area (Å²) in [5.74, 6) is 2.21. The number of amides is 2. The van der Waals surface area contributed by atoms with Crippen LogP contribution >= 0.6 is 11.6 Å². The number of rotatable bonds is 9. The number of hydrogen-bond donors (Lipinski definition) is 2. The number of aromatic nitrogens is 2. The van der Waals surface area contributed by atoms with Gasteiger partial charge in [-0.25, -0.2) is 0 Å². The third-order valence-electron chi connectivity index (χ3n) is 6.46. The Morgan fingerprint density at radius 2 is 1.86 bits per heavy atom. The number of halogens is 1. The minimum Gasteiger partial charge on any atom is -0.356 e. The number of nitrogens with zero attached hydrogens (tertiary/aromatic N) is 3. The fraction of sp³-hybridized carbons (Fsp3) is 0.593. The summed E-state index contributed by atoms with van der Waals surface area (Å²) in [4.78, 5) is 26.6. The van der Waals surface area contributed by atoms with E-state index in [2.05, 4.69) is 22.3 Å². The zero-order valence-corrected chi connectivity index (χ0v) is 21.8. The molecule has 2 N–H and O–H groups in total. The van der Waals surface area contributed by atoms with E-state index < -0.39 is 0 Å². The van der Waals surface area contributed by atoms with Crippen LogP contribution in [0.5, 0.6) is 0 Å². The number of nitrogens with one attached hydrogen (secondary N) is 2. The molecule has 0 saturated heterocycles. The van der Waals surface area contributed by atoms with E-state index in [0.717, 1.165) is 62.1 Å². The first kappa shape index (κ1) is 30.5. The van der Waals surface area contributed by atoms with Gasteiger partial charge in [-0.3, -0.25) is 14.3 Å². The van der Waals surface area contributed by atoms with Crippen LogP contribution < -0.4 is 10.6 Å². The molecule has 0 radical (unpaired) electrons. The Morgan fingerprint density at radius 1 is 1.23 bits per heavy atom. The monoisotopic (exact) mass is 505 g/mol. The van der Waals surface area contributed by atoms with Gasteiger partial charge in [-0.1, -0.05) is 43.8 Å². The number of anilines is 1. The molecule has 0 bridgehead atoms. The van der Waals surface area contributed by atoms with Gasteiger partial charge in [-0.2, -0.15) is 5.10 Å². The van der Waals surface area contributed by atoms with Crippen LogP contribution in [0.3, 0.4) is 0 Å². The van der Waals surface area contributed by atoms with Crippen LogP contribution in [0.15, 0.2) is 42.2 Å². The third-order valence-corrected chi connectivity index (χ3v) is 6.61. The molecule has 7 nitrogen and oxygen atoms in total. The first-order valence-electron chi connectivity index (χ1n) is 12.1. The van der Waals surface area contributed by atoms with E-state index in [4.69, 9.17) is 11.6 Å². The molecule has 1 aromatic heterocycles. The molecule has 0 unspecified atom stereocenters. The Bertz CT molecular complexity index is 880. The highest BCUT2D eigenvalue weighted by atomic mass is 35.5. The van der Waals surface area contributed by atoms with Gasteiger partial charge in [0.1, 0.15) is 5.82 Å². The molecule has 2 aliphatic carbocycles. The van der Waals surface area contributed by atoms with Gasteiger partial charge in [0.2, 0.25) is 11.8 Å². The van der Waals surface area contributed by atoms with Gasteiger partial charge < -0.3 is 15.5 Å². The quantitative estimate of drug-likeness (QED) is 0.427. The van der Waals surface area contributed by atoms with Crippen molar-refractivity contribution in [3.63, 3.8) is 0 Å². The van der Waals surface area contributed by atoms with E-state index >= 15 is 0 Å². The Hall–Kier alpha value is -2.54. The lowest BCUT2D eigenvalue weighted by Gasteiger charge is -2.30. The maximum Gasteiger partial charge on any atom is 0.225 e. The topological polar surface area (TPSA) is 79.3 Å². The van der Waals surface area contributed by atoms with Crippen LogP contribution in [0.4, 0.5) is 5.82 Å². The SMILES string of the molecule is C.C/C=C(\C)Nc1c(CN(C)C(=O)C2CCC(CNC(=O)C3CC3)CC2)cnn1C.C=C/C=C/Cl. The molecule has 0 aromatic carbocycles. The molecule has 8 heteroatoms. The lowest BCUT2D eigenvalue weighted by atomic mass is 9.81. The van der Waals surface area contributed by atoms with Crippen molar-refractivity contribution < 1.29 is 9.59 Å². The Labute approximate surface area is 216 Å². The van der Waals surface area contributed by atoms with Crippen LogP contribution in [0.2, 0.25) is 0 Å². The summed E-state index contributed by atoms with van der Waals surface area (Å²) >= 11 is 5.05. The zero-order chi connectivity index (χ0) is 25.1. The van der Waals surface area contributed by atoms with Crippen molar-refractivity contribution in [2.24, 2.45) is 24.8 Å². The molecule has 35 heavy (non-hydrogen) atoms. The Kier molecular flexibility index (Phi) is 13.5. The summed E-state index contributed by atoms with van der Waals surface area (Å²) in [7, 11) is 3.78. The highest BCUT2D eigenvalue weighted by molar-refractivity contribution is 6.25. The second-order valence-corrected chi connectivity index (χ2v) is 9.48. The minimum atomic E-state index is 0. The molecular formula is C27H44ClN5O2. The molecule has 1 heterocycles. The Morgan fingerprint density at radius 3 is 2.37 bits per heavy atom. The average molecular weight is 506 g/mol. The van der Waals surface area contributed by atoms with E-state index in [0.29, 0.717) is 12.5 Å². The van der Waals surface area contributed by atoms with Crippen molar-refractivity contribution in [1.82, 2.24) is 20.0 Å². The minimum absolute atomic E-state index is 0. The molecule has 2 saturated carbocycles. The molecule has 0 atom stereocenters. The highest BCUT2D eigenvalue weighted by Gasteiger charge is 2.32. The van der Waals surface area contributed by atoms with Gasteiger partial charge in [-0.15, -0.1) is 0 Å². The van der Waals surface area contributed by atoms with E-state index in [-0.39, 0.29) is 31.1 Å². The molecule has 2 fully saturated rings. The van der Waals surface area contributed by atoms with E-state index in [9.17, 15) is 9.59 Å². The van der Waals surface area contributed by atoms with Crippen molar-refractivity contribution in [1.29, 1.82) is 0 Å². The summed E-state index contributed by atoms with van der Waals surface area (Å²) in [5.41, 5.74) is 3.48. The van der Waals surface area contributed by atoms with E-state index in [1.54, 1.807) is 12.2 Å². The molecule has 2 amide bonds. The number of carbonyl (C=O) groups is 2. The molecule has 0 spiro atoms. The predicted molar refractivity (Wildman–Crippen MR) is 146 cm³/mol. The number of hydrogen-bond acceptors (Lipinski definition) is 4. The van der Waals surface area contributed by atoms with Gasteiger partial charge in [0.15, 0.2) is 0 Å². The van der Waals surface area contributed by atoms with Crippen molar-refractivity contribution in [2.75, 3.05) is 18.9 Å². The first-order chi connectivity index (χ1) is 16.3. The second kappa shape index (κ2) is 15.5. The smallest absolute Gasteiger partial charge is 0.225 e. The van der Waals surface area contributed by atoms with E-state index in [1.165, 1.54) is 5.54 Å². The number of allylic oxidation sites excluding steroid dienone is 4. The molecule has 2 aliphatic rings. The van der Waals surface area contributed by atoms with Crippen LogP contribution in [0, 0.1) is 17.8 Å². The molecule has 1 aromatic rings. The van der Waals surface area contributed by atoms with Crippen LogP contribution in [0.1, 0.15) is 65.4 Å². The van der Waals surface area contributed by atoms with Gasteiger partial charge in [0.25, 0.3) is 0 Å². The zero-order valence-electron chi connectivity index (χ0n) is 21.0. The summed E-state index contributed by atoms with van der Waals surface area (Å²) in [6.45, 7) is 8.69. The molecule has 3 rings (SSSR count). The van der Waals surface area contributed by atoms with E-state index in [1.807, 2.05) is 49.8 Å². The summed E-state index contributed by atoms with van der Waals surface area (Å²) in [6, 6.07) is 0. The number of carbonyl (C=O) groups excluding carboxylic acids is 2. The maximum absolute atomic E-state index is 13.0. The second-order valence-electron chi connectivity index (χ2n) is 9.22. The number of aryl methyl sites for hydroxylation is 1. The maximum atomic E-state index is 13.0. The predicted octanol–water partition coefficient (Wildman–Crippen LogP) is 5.61. The molecule has 0 aliphatic heterocycles. The van der Waals surface area contributed by atoms with Crippen LogP contribution in [0.25, 0.3) is 0 Å². The Balaban J connectivity index is 0.000000927.